The molecule has 0 bridgehead atoms. The molecule has 0 aliphatic rings. The normalized spacial score (nSPS) is 9.40. The molecule has 1 aromatic rings. The lowest BCUT2D eigenvalue weighted by Gasteiger charge is -1.95. The van der Waals surface area contributed by atoms with E-state index < -0.39 is 0 Å². The molecule has 0 saturated carbocycles. The molecule has 1 aromatic heterocycles. The average molecular weight is 247 g/mol. The number of aldehydes is 1. The minimum absolute atomic E-state index is 0.667. The third-order valence-electron chi connectivity index (χ3n) is 1.22. The van der Waals surface area contributed by atoms with Gasteiger partial charge in [-0.3, -0.25) is 4.79 Å². The summed E-state index contributed by atoms with van der Waals surface area (Å²) in [6.07, 6.45) is 0.818. The molecule has 0 radical (unpaired) electrons. The van der Waals surface area contributed by atoms with E-state index in [0.717, 1.165) is 15.7 Å². The maximum atomic E-state index is 10.3. The fraction of sp³-hybridized carbons (Fsp3) is 0.143. The molecule has 0 fully saturated rings. The average Bonchev–Trinajstić information content (AvgIpc) is 1.88. The Labute approximate surface area is 72.8 Å². The fourth-order valence-electron chi connectivity index (χ4n) is 0.666. The number of aromatic nitrogens is 1. The summed E-state index contributed by atoms with van der Waals surface area (Å²) >= 11 is 2.11. The second-order valence-electron chi connectivity index (χ2n) is 1.93. The zero-order valence-corrected chi connectivity index (χ0v) is 7.62. The molecule has 1 rings (SSSR count). The number of rotatable bonds is 1. The first-order valence-electron chi connectivity index (χ1n) is 2.82. The molecular formula is C7H6INO. The van der Waals surface area contributed by atoms with Gasteiger partial charge in [0.1, 0.15) is 3.70 Å². The zero-order chi connectivity index (χ0) is 7.56. The number of hydrogen-bond donors (Lipinski definition) is 0. The molecule has 0 aliphatic carbocycles. The van der Waals surface area contributed by atoms with Crippen molar-refractivity contribution in [3.63, 3.8) is 0 Å². The van der Waals surface area contributed by atoms with E-state index in [0.29, 0.717) is 5.56 Å². The van der Waals surface area contributed by atoms with E-state index in [1.165, 1.54) is 0 Å². The molecule has 2 nitrogen and oxygen atoms in total. The van der Waals surface area contributed by atoms with E-state index in [2.05, 4.69) is 27.6 Å². The number of carbonyl (C=O) groups excluding carboxylic acids is 1. The highest BCUT2D eigenvalue weighted by Crippen LogP contribution is 2.05. The van der Waals surface area contributed by atoms with Crippen LogP contribution in [0.3, 0.4) is 0 Å². The Bertz CT molecular complexity index is 260. The van der Waals surface area contributed by atoms with Crippen LogP contribution in [0.15, 0.2) is 12.1 Å². The van der Waals surface area contributed by atoms with Crippen LogP contribution >= 0.6 is 22.6 Å². The van der Waals surface area contributed by atoms with Gasteiger partial charge in [0.15, 0.2) is 6.29 Å². The summed E-state index contributed by atoms with van der Waals surface area (Å²) < 4.78 is 0.917. The van der Waals surface area contributed by atoms with Crippen LogP contribution in [0, 0.1) is 10.6 Å². The Morgan fingerprint density at radius 3 is 2.80 bits per heavy atom. The fourth-order valence-corrected chi connectivity index (χ4v) is 1.21. The minimum Gasteiger partial charge on any atom is -0.298 e. The molecule has 0 aromatic carbocycles. The molecule has 0 saturated heterocycles. The molecule has 3 heteroatoms. The van der Waals surface area contributed by atoms with Crippen molar-refractivity contribution >= 4 is 28.9 Å². The van der Waals surface area contributed by atoms with Crippen LogP contribution in [-0.4, -0.2) is 11.3 Å². The van der Waals surface area contributed by atoms with Crippen molar-refractivity contribution in [2.45, 2.75) is 6.92 Å². The van der Waals surface area contributed by atoms with Crippen LogP contribution < -0.4 is 0 Å². The molecule has 0 unspecified atom stereocenters. The molecule has 0 N–H and O–H groups in total. The lowest BCUT2D eigenvalue weighted by molar-refractivity contribution is 0.112. The topological polar surface area (TPSA) is 30.0 Å². The third kappa shape index (κ3) is 1.53. The molecule has 0 spiro atoms. The summed E-state index contributed by atoms with van der Waals surface area (Å²) in [4.78, 5) is 14.4. The Morgan fingerprint density at radius 2 is 2.30 bits per heavy atom. The van der Waals surface area contributed by atoms with Gasteiger partial charge in [0.2, 0.25) is 0 Å². The first-order chi connectivity index (χ1) is 4.74. The number of halogens is 1. The summed E-state index contributed by atoms with van der Waals surface area (Å²) in [7, 11) is 0. The maximum absolute atomic E-state index is 10.3. The Morgan fingerprint density at radius 1 is 1.60 bits per heavy atom. The van der Waals surface area contributed by atoms with Gasteiger partial charge in [-0.1, -0.05) is 0 Å². The molecular weight excluding hydrogens is 241 g/mol. The number of pyridine rings is 1. The van der Waals surface area contributed by atoms with Crippen LogP contribution in [0.1, 0.15) is 16.1 Å². The number of aryl methyl sites for hydroxylation is 1. The predicted molar refractivity (Wildman–Crippen MR) is 47.1 cm³/mol. The van der Waals surface area contributed by atoms with Crippen LogP contribution in [-0.2, 0) is 0 Å². The zero-order valence-electron chi connectivity index (χ0n) is 5.47. The van der Waals surface area contributed by atoms with Crippen molar-refractivity contribution in [2.75, 3.05) is 0 Å². The summed E-state index contributed by atoms with van der Waals surface area (Å²) in [6.45, 7) is 1.83. The molecule has 10 heavy (non-hydrogen) atoms. The van der Waals surface area contributed by atoms with Gasteiger partial charge in [0, 0.05) is 11.3 Å². The van der Waals surface area contributed by atoms with E-state index in [1.807, 2.05) is 13.0 Å². The van der Waals surface area contributed by atoms with Gasteiger partial charge >= 0.3 is 0 Å². The van der Waals surface area contributed by atoms with Gasteiger partial charge in [-0.15, -0.1) is 0 Å². The summed E-state index contributed by atoms with van der Waals surface area (Å²) in [5, 5.41) is 0. The van der Waals surface area contributed by atoms with Crippen molar-refractivity contribution < 1.29 is 4.79 Å². The van der Waals surface area contributed by atoms with Crippen LogP contribution in [0.5, 0.6) is 0 Å². The number of hydrogen-bond acceptors (Lipinski definition) is 2. The summed E-state index contributed by atoms with van der Waals surface area (Å²) in [5.41, 5.74) is 1.46. The van der Waals surface area contributed by atoms with Gasteiger partial charge in [-0.2, -0.15) is 0 Å². The van der Waals surface area contributed by atoms with Crippen molar-refractivity contribution in [3.8, 4) is 0 Å². The highest BCUT2D eigenvalue weighted by molar-refractivity contribution is 14.1. The van der Waals surface area contributed by atoms with Gasteiger partial charge < -0.3 is 0 Å². The lowest BCUT2D eigenvalue weighted by Crippen LogP contribution is -1.91. The van der Waals surface area contributed by atoms with E-state index in [-0.39, 0.29) is 0 Å². The van der Waals surface area contributed by atoms with E-state index in [1.54, 1.807) is 6.07 Å². The van der Waals surface area contributed by atoms with E-state index >= 15 is 0 Å². The van der Waals surface area contributed by atoms with Crippen LogP contribution in [0.25, 0.3) is 0 Å². The van der Waals surface area contributed by atoms with Crippen molar-refractivity contribution in [3.05, 3.63) is 27.1 Å². The Balaban J connectivity index is 3.19. The highest BCUT2D eigenvalue weighted by Gasteiger charge is 1.96. The first kappa shape index (κ1) is 7.65. The second kappa shape index (κ2) is 3.09. The quantitative estimate of drug-likeness (QED) is 0.430. The SMILES string of the molecule is Cc1nc(I)ccc1C=O. The lowest BCUT2D eigenvalue weighted by atomic mass is 10.2. The standard InChI is InChI=1S/C7H6INO/c1-5-6(4-10)2-3-7(8)9-5/h2-4H,1H3. The summed E-state index contributed by atoms with van der Waals surface area (Å²) in [6, 6.07) is 3.59. The minimum atomic E-state index is 0.667. The third-order valence-corrected chi connectivity index (χ3v) is 1.82. The highest BCUT2D eigenvalue weighted by atomic mass is 127. The van der Waals surface area contributed by atoms with Crippen LogP contribution in [0.4, 0.5) is 0 Å². The first-order valence-corrected chi connectivity index (χ1v) is 3.90. The second-order valence-corrected chi connectivity index (χ2v) is 3.03. The van der Waals surface area contributed by atoms with Gasteiger partial charge in [-0.25, -0.2) is 4.98 Å². The predicted octanol–water partition coefficient (Wildman–Crippen LogP) is 1.81. The van der Waals surface area contributed by atoms with Gasteiger partial charge in [0.25, 0.3) is 0 Å². The Hall–Kier alpha value is -0.450. The maximum Gasteiger partial charge on any atom is 0.151 e. The molecule has 0 amide bonds. The molecule has 0 atom stereocenters. The van der Waals surface area contributed by atoms with Gasteiger partial charge in [0.05, 0.1) is 0 Å². The molecule has 52 valence electrons. The van der Waals surface area contributed by atoms with E-state index in [9.17, 15) is 4.79 Å². The van der Waals surface area contributed by atoms with Crippen molar-refractivity contribution in [1.82, 2.24) is 4.98 Å². The smallest absolute Gasteiger partial charge is 0.151 e. The number of nitrogens with zero attached hydrogens (tertiary/aromatic N) is 1. The Kier molecular flexibility index (Phi) is 2.37. The molecule has 0 aliphatic heterocycles. The summed E-state index contributed by atoms with van der Waals surface area (Å²) in [5.74, 6) is 0. The largest absolute Gasteiger partial charge is 0.298 e. The van der Waals surface area contributed by atoms with Gasteiger partial charge in [-0.05, 0) is 41.6 Å². The van der Waals surface area contributed by atoms with Crippen molar-refractivity contribution in [1.29, 1.82) is 0 Å². The van der Waals surface area contributed by atoms with E-state index in [4.69, 9.17) is 0 Å². The number of carbonyl (C=O) groups is 1. The molecule has 1 heterocycles. The van der Waals surface area contributed by atoms with Crippen LogP contribution in [0.2, 0.25) is 0 Å². The monoisotopic (exact) mass is 247 g/mol. The van der Waals surface area contributed by atoms with Crippen molar-refractivity contribution in [2.24, 2.45) is 0 Å².